The lowest BCUT2D eigenvalue weighted by Gasteiger charge is -2.21. The topological polar surface area (TPSA) is 41.6 Å². The van der Waals surface area contributed by atoms with Crippen LogP contribution in [0.3, 0.4) is 0 Å². The Labute approximate surface area is 149 Å². The van der Waals surface area contributed by atoms with Crippen LogP contribution in [0.25, 0.3) is 0 Å². The van der Waals surface area contributed by atoms with E-state index < -0.39 is 0 Å². The number of nitrogens with zero attached hydrogens (tertiary/aromatic N) is 1. The molecule has 0 radical (unpaired) electrons. The van der Waals surface area contributed by atoms with Gasteiger partial charge in [0.1, 0.15) is 12.4 Å². The van der Waals surface area contributed by atoms with E-state index in [9.17, 15) is 4.79 Å². The van der Waals surface area contributed by atoms with Gasteiger partial charge in [-0.25, -0.2) is 0 Å². The molecule has 0 spiro atoms. The first kappa shape index (κ1) is 17.6. The van der Waals surface area contributed by atoms with Gasteiger partial charge in [-0.3, -0.25) is 4.79 Å². The predicted octanol–water partition coefficient (Wildman–Crippen LogP) is 3.41. The SMILES string of the molecule is Cc1cccc(Cl)c1OCCN[C@H]1CCC(=O)N(CC2CC2)CC1. The van der Waals surface area contributed by atoms with E-state index >= 15 is 0 Å². The van der Waals surface area contributed by atoms with Crippen molar-refractivity contribution in [2.45, 2.75) is 45.1 Å². The van der Waals surface area contributed by atoms with Crippen LogP contribution < -0.4 is 10.1 Å². The van der Waals surface area contributed by atoms with E-state index in [1.807, 2.05) is 25.1 Å². The van der Waals surface area contributed by atoms with E-state index in [-0.39, 0.29) is 0 Å². The molecule has 1 aliphatic carbocycles. The van der Waals surface area contributed by atoms with Crippen LogP contribution in [-0.4, -0.2) is 43.1 Å². The minimum absolute atomic E-state index is 0.328. The van der Waals surface area contributed by atoms with Gasteiger partial charge in [0, 0.05) is 32.1 Å². The Morgan fingerprint density at radius 3 is 2.88 bits per heavy atom. The zero-order valence-corrected chi connectivity index (χ0v) is 15.1. The van der Waals surface area contributed by atoms with Crippen LogP contribution in [0.5, 0.6) is 5.75 Å². The zero-order chi connectivity index (χ0) is 16.9. The highest BCUT2D eigenvalue weighted by Gasteiger charge is 2.28. The van der Waals surface area contributed by atoms with Crippen molar-refractivity contribution < 1.29 is 9.53 Å². The number of carbonyl (C=O) groups excluding carboxylic acids is 1. The number of nitrogens with one attached hydrogen (secondary N) is 1. The molecule has 132 valence electrons. The summed E-state index contributed by atoms with van der Waals surface area (Å²) in [7, 11) is 0. The first-order valence-corrected chi connectivity index (χ1v) is 9.40. The summed E-state index contributed by atoms with van der Waals surface area (Å²) >= 11 is 6.17. The van der Waals surface area contributed by atoms with Gasteiger partial charge in [-0.15, -0.1) is 0 Å². The number of carbonyl (C=O) groups is 1. The standard InChI is InChI=1S/C19H27ClN2O2/c1-14-3-2-4-17(20)19(14)24-12-10-21-16-7-8-18(23)22(11-9-16)13-15-5-6-15/h2-4,15-16,21H,5-13H2,1H3/t16-/m0/s1. The zero-order valence-electron chi connectivity index (χ0n) is 14.4. The summed E-state index contributed by atoms with van der Waals surface area (Å²) in [5.41, 5.74) is 1.05. The van der Waals surface area contributed by atoms with Crippen LogP contribution in [0.1, 0.15) is 37.7 Å². The Bertz CT molecular complexity index is 554. The summed E-state index contributed by atoms with van der Waals surface area (Å²) in [5.74, 6) is 1.87. The fourth-order valence-electron chi connectivity index (χ4n) is 3.26. The number of hydrogen-bond acceptors (Lipinski definition) is 3. The molecule has 1 aromatic rings. The second-order valence-corrected chi connectivity index (χ2v) is 7.40. The number of hydrogen-bond donors (Lipinski definition) is 1. The first-order chi connectivity index (χ1) is 11.6. The molecule has 1 atom stereocenters. The minimum Gasteiger partial charge on any atom is -0.490 e. The number of likely N-dealkylation sites (tertiary alicyclic amines) is 1. The van der Waals surface area contributed by atoms with E-state index in [2.05, 4.69) is 10.2 Å². The van der Waals surface area contributed by atoms with Crippen molar-refractivity contribution in [1.29, 1.82) is 0 Å². The van der Waals surface area contributed by atoms with Gasteiger partial charge in [-0.2, -0.15) is 0 Å². The number of benzene rings is 1. The van der Waals surface area contributed by atoms with Crippen molar-refractivity contribution in [3.8, 4) is 5.75 Å². The summed E-state index contributed by atoms with van der Waals surface area (Å²) in [6.07, 6.45) is 5.21. The average molecular weight is 351 g/mol. The van der Waals surface area contributed by atoms with E-state index in [1.54, 1.807) is 0 Å². The molecule has 1 saturated heterocycles. The Hall–Kier alpha value is -1.26. The molecule has 24 heavy (non-hydrogen) atoms. The largest absolute Gasteiger partial charge is 0.490 e. The van der Waals surface area contributed by atoms with Crippen molar-refractivity contribution in [3.63, 3.8) is 0 Å². The Balaban J connectivity index is 1.39. The van der Waals surface area contributed by atoms with Gasteiger partial charge < -0.3 is 15.0 Å². The monoisotopic (exact) mass is 350 g/mol. The molecule has 0 bridgehead atoms. The molecule has 2 aliphatic rings. The molecule has 1 aromatic carbocycles. The minimum atomic E-state index is 0.328. The van der Waals surface area contributed by atoms with E-state index in [4.69, 9.17) is 16.3 Å². The maximum Gasteiger partial charge on any atom is 0.222 e. The molecule has 1 saturated carbocycles. The second kappa shape index (κ2) is 8.21. The van der Waals surface area contributed by atoms with Gasteiger partial charge in [0.15, 0.2) is 0 Å². The lowest BCUT2D eigenvalue weighted by Crippen LogP contribution is -2.35. The lowest BCUT2D eigenvalue weighted by atomic mass is 10.1. The molecule has 1 heterocycles. The average Bonchev–Trinajstić information content (AvgIpc) is 3.38. The molecule has 3 rings (SSSR count). The number of rotatable bonds is 7. The summed E-state index contributed by atoms with van der Waals surface area (Å²) in [6.45, 7) is 5.21. The first-order valence-electron chi connectivity index (χ1n) is 9.02. The van der Waals surface area contributed by atoms with E-state index in [1.165, 1.54) is 12.8 Å². The third kappa shape index (κ3) is 4.87. The fraction of sp³-hybridized carbons (Fsp3) is 0.632. The van der Waals surface area contributed by atoms with Crippen LogP contribution in [-0.2, 0) is 4.79 Å². The Kier molecular flexibility index (Phi) is 6.01. The predicted molar refractivity (Wildman–Crippen MR) is 96.6 cm³/mol. The molecular formula is C19H27ClN2O2. The normalized spacial score (nSPS) is 21.7. The highest BCUT2D eigenvalue weighted by molar-refractivity contribution is 6.32. The summed E-state index contributed by atoms with van der Waals surface area (Å²) in [6, 6.07) is 6.18. The maximum atomic E-state index is 12.2. The van der Waals surface area contributed by atoms with E-state index in [0.717, 1.165) is 49.7 Å². The van der Waals surface area contributed by atoms with Crippen molar-refractivity contribution >= 4 is 17.5 Å². The third-order valence-electron chi connectivity index (χ3n) is 4.93. The van der Waals surface area contributed by atoms with Crippen LogP contribution >= 0.6 is 11.6 Å². The van der Waals surface area contributed by atoms with Crippen molar-refractivity contribution in [1.82, 2.24) is 10.2 Å². The number of aryl methyl sites for hydroxylation is 1. The van der Waals surface area contributed by atoms with Gasteiger partial charge in [0.05, 0.1) is 5.02 Å². The number of para-hydroxylation sites is 1. The molecule has 1 N–H and O–H groups in total. The van der Waals surface area contributed by atoms with E-state index in [0.29, 0.717) is 30.0 Å². The Morgan fingerprint density at radius 1 is 1.29 bits per heavy atom. The number of halogens is 1. The highest BCUT2D eigenvalue weighted by atomic mass is 35.5. The van der Waals surface area contributed by atoms with Gasteiger partial charge in [0.2, 0.25) is 5.91 Å². The van der Waals surface area contributed by atoms with Crippen molar-refractivity contribution in [2.75, 3.05) is 26.2 Å². The second-order valence-electron chi connectivity index (χ2n) is 7.00. The van der Waals surface area contributed by atoms with Crippen molar-refractivity contribution in [2.24, 2.45) is 5.92 Å². The number of ether oxygens (including phenoxy) is 1. The quantitative estimate of drug-likeness (QED) is 0.766. The Morgan fingerprint density at radius 2 is 2.12 bits per heavy atom. The molecule has 0 aromatic heterocycles. The van der Waals surface area contributed by atoms with Crippen LogP contribution in [0.2, 0.25) is 5.02 Å². The third-order valence-corrected chi connectivity index (χ3v) is 5.23. The van der Waals surface area contributed by atoms with Crippen molar-refractivity contribution in [3.05, 3.63) is 28.8 Å². The fourth-order valence-corrected chi connectivity index (χ4v) is 3.54. The molecule has 4 nitrogen and oxygen atoms in total. The van der Waals surface area contributed by atoms with Gasteiger partial charge in [-0.05, 0) is 50.2 Å². The smallest absolute Gasteiger partial charge is 0.222 e. The van der Waals surface area contributed by atoms with Crippen LogP contribution in [0.4, 0.5) is 0 Å². The maximum absolute atomic E-state index is 12.2. The van der Waals surface area contributed by atoms with Crippen LogP contribution in [0, 0.1) is 12.8 Å². The molecule has 1 amide bonds. The molecule has 5 heteroatoms. The van der Waals surface area contributed by atoms with Crippen LogP contribution in [0.15, 0.2) is 18.2 Å². The molecular weight excluding hydrogens is 324 g/mol. The lowest BCUT2D eigenvalue weighted by molar-refractivity contribution is -0.130. The summed E-state index contributed by atoms with van der Waals surface area (Å²) in [5, 5.41) is 4.19. The molecule has 0 unspecified atom stereocenters. The van der Waals surface area contributed by atoms with Gasteiger partial charge in [0.25, 0.3) is 0 Å². The van der Waals surface area contributed by atoms with Gasteiger partial charge >= 0.3 is 0 Å². The molecule has 1 aliphatic heterocycles. The number of amides is 1. The summed E-state index contributed by atoms with van der Waals surface area (Å²) in [4.78, 5) is 14.2. The highest BCUT2D eigenvalue weighted by Crippen LogP contribution is 2.30. The summed E-state index contributed by atoms with van der Waals surface area (Å²) < 4.78 is 5.82. The van der Waals surface area contributed by atoms with Gasteiger partial charge in [-0.1, -0.05) is 23.7 Å². The molecule has 2 fully saturated rings.